The maximum absolute atomic E-state index is 11.6. The third kappa shape index (κ3) is 6.75. The van der Waals surface area contributed by atoms with Crippen molar-refractivity contribution in [1.82, 2.24) is 5.32 Å². The zero-order chi connectivity index (χ0) is 14.6. The molecule has 3 N–H and O–H groups in total. The number of amides is 1. The van der Waals surface area contributed by atoms with Gasteiger partial charge in [-0.1, -0.05) is 35.4 Å². The van der Waals surface area contributed by atoms with Crippen LogP contribution in [0.4, 0.5) is 0 Å². The standard InChI is InChI=1S/C13H19N5O2/c14-12(11-4-2-1-3-5-11)10-13(19)16-6-8-20-9-7-17-18-15/h1-5,12H,6-10,14H2,(H,16,19)/t12-/m1/s1. The fourth-order valence-corrected chi connectivity index (χ4v) is 1.60. The summed E-state index contributed by atoms with van der Waals surface area (Å²) in [6.45, 7) is 1.44. The number of ether oxygens (including phenoxy) is 1. The molecule has 0 bridgehead atoms. The van der Waals surface area contributed by atoms with Crippen LogP contribution in [0.15, 0.2) is 35.4 Å². The van der Waals surface area contributed by atoms with Gasteiger partial charge in [0.2, 0.25) is 5.91 Å². The van der Waals surface area contributed by atoms with Gasteiger partial charge in [0.25, 0.3) is 0 Å². The maximum atomic E-state index is 11.6. The lowest BCUT2D eigenvalue weighted by atomic mass is 10.0. The fourth-order valence-electron chi connectivity index (χ4n) is 1.60. The summed E-state index contributed by atoms with van der Waals surface area (Å²) < 4.78 is 5.16. The van der Waals surface area contributed by atoms with E-state index >= 15 is 0 Å². The Bertz CT molecular complexity index is 445. The van der Waals surface area contributed by atoms with Crippen LogP contribution in [0.2, 0.25) is 0 Å². The topological polar surface area (TPSA) is 113 Å². The number of hydrogen-bond acceptors (Lipinski definition) is 4. The number of nitrogens with zero attached hydrogens (tertiary/aromatic N) is 3. The summed E-state index contributed by atoms with van der Waals surface area (Å²) in [5, 5.41) is 6.06. The number of rotatable bonds is 9. The quantitative estimate of drug-likeness (QED) is 0.308. The first-order chi connectivity index (χ1) is 9.74. The first-order valence-corrected chi connectivity index (χ1v) is 6.40. The van der Waals surface area contributed by atoms with Gasteiger partial charge < -0.3 is 15.8 Å². The molecule has 0 heterocycles. The molecule has 1 rings (SSSR count). The van der Waals surface area contributed by atoms with Crippen molar-refractivity contribution in [2.75, 3.05) is 26.3 Å². The third-order valence-electron chi connectivity index (χ3n) is 2.60. The Labute approximate surface area is 117 Å². The predicted molar refractivity (Wildman–Crippen MR) is 75.8 cm³/mol. The first kappa shape index (κ1) is 16.0. The van der Waals surface area contributed by atoms with E-state index < -0.39 is 0 Å². The van der Waals surface area contributed by atoms with Gasteiger partial charge in [-0.3, -0.25) is 4.79 Å². The summed E-state index contributed by atoms with van der Waals surface area (Å²) in [4.78, 5) is 14.3. The molecular formula is C13H19N5O2. The minimum Gasteiger partial charge on any atom is -0.379 e. The number of benzene rings is 1. The average molecular weight is 277 g/mol. The summed E-state index contributed by atoms with van der Waals surface area (Å²) in [6.07, 6.45) is 0.239. The van der Waals surface area contributed by atoms with Crippen molar-refractivity contribution in [1.29, 1.82) is 0 Å². The molecule has 0 radical (unpaired) electrons. The van der Waals surface area contributed by atoms with Gasteiger partial charge in [0.05, 0.1) is 13.2 Å². The molecule has 7 nitrogen and oxygen atoms in total. The Kier molecular flexibility index (Phi) is 7.83. The summed E-state index contributed by atoms with van der Waals surface area (Å²) in [6, 6.07) is 9.19. The Morgan fingerprint density at radius 1 is 1.40 bits per heavy atom. The normalized spacial score (nSPS) is 11.4. The Balaban J connectivity index is 2.13. The van der Waals surface area contributed by atoms with Crippen LogP contribution in [0.3, 0.4) is 0 Å². The van der Waals surface area contributed by atoms with E-state index in [2.05, 4.69) is 15.3 Å². The lowest BCUT2D eigenvalue weighted by Crippen LogP contribution is -2.30. The van der Waals surface area contributed by atoms with Crippen LogP contribution < -0.4 is 11.1 Å². The monoisotopic (exact) mass is 277 g/mol. The van der Waals surface area contributed by atoms with E-state index in [0.29, 0.717) is 26.3 Å². The highest BCUT2D eigenvalue weighted by Crippen LogP contribution is 2.12. The third-order valence-corrected chi connectivity index (χ3v) is 2.60. The van der Waals surface area contributed by atoms with Crippen LogP contribution in [0.5, 0.6) is 0 Å². The molecule has 0 aromatic heterocycles. The molecule has 1 atom stereocenters. The molecule has 0 unspecified atom stereocenters. The van der Waals surface area contributed by atoms with Crippen molar-refractivity contribution >= 4 is 5.91 Å². The van der Waals surface area contributed by atoms with Gasteiger partial charge in [0.1, 0.15) is 0 Å². The van der Waals surface area contributed by atoms with Crippen LogP contribution >= 0.6 is 0 Å². The van der Waals surface area contributed by atoms with Crippen LogP contribution in [-0.4, -0.2) is 32.2 Å². The van der Waals surface area contributed by atoms with E-state index in [1.54, 1.807) is 0 Å². The van der Waals surface area contributed by atoms with Gasteiger partial charge in [-0.05, 0) is 11.1 Å². The molecule has 1 amide bonds. The van der Waals surface area contributed by atoms with Gasteiger partial charge in [-0.2, -0.15) is 0 Å². The highest BCUT2D eigenvalue weighted by atomic mass is 16.5. The van der Waals surface area contributed by atoms with Crippen molar-refractivity contribution in [3.05, 3.63) is 46.3 Å². The molecule has 0 fully saturated rings. The highest BCUT2D eigenvalue weighted by Gasteiger charge is 2.10. The molecule has 0 aliphatic heterocycles. The predicted octanol–water partition coefficient (Wildman–Crippen LogP) is 1.52. The number of azide groups is 1. The first-order valence-electron chi connectivity index (χ1n) is 6.40. The zero-order valence-electron chi connectivity index (χ0n) is 11.2. The van der Waals surface area contributed by atoms with Crippen molar-refractivity contribution < 1.29 is 9.53 Å². The molecule has 1 aromatic rings. The van der Waals surface area contributed by atoms with Crippen molar-refractivity contribution in [3.8, 4) is 0 Å². The van der Waals surface area contributed by atoms with E-state index in [-0.39, 0.29) is 18.4 Å². The molecule has 0 aliphatic rings. The SMILES string of the molecule is [N-]=[N+]=NCCOCCNC(=O)C[C@@H](N)c1ccccc1. The van der Waals surface area contributed by atoms with Crippen LogP contribution in [0.25, 0.3) is 10.4 Å². The molecule has 0 spiro atoms. The number of carbonyl (C=O) groups excluding carboxylic acids is 1. The van der Waals surface area contributed by atoms with Crippen LogP contribution in [0.1, 0.15) is 18.0 Å². The van der Waals surface area contributed by atoms with Crippen LogP contribution in [0, 0.1) is 0 Å². The number of nitrogens with two attached hydrogens (primary N) is 1. The Morgan fingerprint density at radius 2 is 2.15 bits per heavy atom. The van der Waals surface area contributed by atoms with Crippen molar-refractivity contribution in [3.63, 3.8) is 0 Å². The van der Waals surface area contributed by atoms with Crippen molar-refractivity contribution in [2.45, 2.75) is 12.5 Å². The van der Waals surface area contributed by atoms with Crippen LogP contribution in [-0.2, 0) is 9.53 Å². The highest BCUT2D eigenvalue weighted by molar-refractivity contribution is 5.76. The second-order valence-corrected chi connectivity index (χ2v) is 4.14. The summed E-state index contributed by atoms with van der Waals surface area (Å²) in [7, 11) is 0. The smallest absolute Gasteiger partial charge is 0.221 e. The zero-order valence-corrected chi connectivity index (χ0v) is 11.2. The number of nitrogens with one attached hydrogen (secondary N) is 1. The lowest BCUT2D eigenvalue weighted by Gasteiger charge is -2.12. The Morgan fingerprint density at radius 3 is 2.85 bits per heavy atom. The Hall–Kier alpha value is -2.08. The van der Waals surface area contributed by atoms with Gasteiger partial charge in [0.15, 0.2) is 0 Å². The summed E-state index contributed by atoms with van der Waals surface area (Å²) >= 11 is 0. The molecule has 0 aliphatic carbocycles. The molecule has 7 heteroatoms. The number of hydrogen-bond donors (Lipinski definition) is 2. The minimum atomic E-state index is -0.304. The second kappa shape index (κ2) is 9.80. The average Bonchev–Trinajstić information content (AvgIpc) is 2.47. The summed E-state index contributed by atoms with van der Waals surface area (Å²) in [5.41, 5.74) is 14.9. The maximum Gasteiger partial charge on any atom is 0.221 e. The van der Waals surface area contributed by atoms with Gasteiger partial charge in [0, 0.05) is 30.5 Å². The van der Waals surface area contributed by atoms with Crippen molar-refractivity contribution in [2.24, 2.45) is 10.8 Å². The minimum absolute atomic E-state index is 0.111. The molecule has 20 heavy (non-hydrogen) atoms. The van der Waals surface area contributed by atoms with Gasteiger partial charge in [-0.25, -0.2) is 0 Å². The molecule has 0 saturated heterocycles. The largest absolute Gasteiger partial charge is 0.379 e. The second-order valence-electron chi connectivity index (χ2n) is 4.14. The van der Waals surface area contributed by atoms with E-state index in [1.165, 1.54) is 0 Å². The number of carbonyl (C=O) groups is 1. The molecule has 108 valence electrons. The van der Waals surface area contributed by atoms with E-state index in [4.69, 9.17) is 16.0 Å². The van der Waals surface area contributed by atoms with Gasteiger partial charge >= 0.3 is 0 Å². The lowest BCUT2D eigenvalue weighted by molar-refractivity contribution is -0.121. The van der Waals surface area contributed by atoms with E-state index in [1.807, 2.05) is 30.3 Å². The molecule has 1 aromatic carbocycles. The van der Waals surface area contributed by atoms with Gasteiger partial charge in [-0.15, -0.1) is 0 Å². The fraction of sp³-hybridized carbons (Fsp3) is 0.462. The summed E-state index contributed by atoms with van der Waals surface area (Å²) in [5.74, 6) is -0.111. The van der Waals surface area contributed by atoms with E-state index in [0.717, 1.165) is 5.56 Å². The molecule has 0 saturated carbocycles. The molecular weight excluding hydrogens is 258 g/mol. The van der Waals surface area contributed by atoms with E-state index in [9.17, 15) is 4.79 Å².